The number of pyridine rings is 1. The van der Waals surface area contributed by atoms with E-state index in [0.717, 1.165) is 17.1 Å². The van der Waals surface area contributed by atoms with Gasteiger partial charge in [-0.25, -0.2) is 0 Å². The molecule has 19 heavy (non-hydrogen) atoms. The maximum absolute atomic E-state index is 5.84. The number of thioether (sulfide) groups is 1. The second-order valence-corrected chi connectivity index (χ2v) is 5.82. The Bertz CT molecular complexity index is 579. The van der Waals surface area contributed by atoms with Crippen LogP contribution in [0.1, 0.15) is 28.1 Å². The van der Waals surface area contributed by atoms with E-state index in [1.807, 2.05) is 25.6 Å². The smallest absolute Gasteiger partial charge is 0.0431 e. The van der Waals surface area contributed by atoms with Gasteiger partial charge in [-0.2, -0.15) is 0 Å². The molecule has 100 valence electrons. The first-order valence-electron chi connectivity index (χ1n) is 6.45. The highest BCUT2D eigenvalue weighted by Gasteiger charge is 2.08. The quantitative estimate of drug-likeness (QED) is 0.861. The second kappa shape index (κ2) is 6.22. The first-order chi connectivity index (χ1) is 9.10. The van der Waals surface area contributed by atoms with Crippen molar-refractivity contribution < 1.29 is 0 Å². The molecule has 0 amide bonds. The number of rotatable bonds is 4. The lowest BCUT2D eigenvalue weighted by Crippen LogP contribution is -2.04. The van der Waals surface area contributed by atoms with E-state index in [9.17, 15) is 0 Å². The summed E-state index contributed by atoms with van der Waals surface area (Å²) in [4.78, 5) is 5.74. The summed E-state index contributed by atoms with van der Waals surface area (Å²) in [7, 11) is 0. The molecule has 0 saturated carbocycles. The molecular formula is C16H20N2S. The van der Waals surface area contributed by atoms with Crippen LogP contribution in [0.2, 0.25) is 0 Å². The molecule has 0 atom stereocenters. The average Bonchev–Trinajstić information content (AvgIpc) is 2.36. The Labute approximate surface area is 119 Å². The van der Waals surface area contributed by atoms with E-state index < -0.39 is 0 Å². The minimum Gasteiger partial charge on any atom is -0.326 e. The Morgan fingerprint density at radius 3 is 2.63 bits per heavy atom. The third-order valence-corrected chi connectivity index (χ3v) is 4.25. The van der Waals surface area contributed by atoms with Crippen molar-refractivity contribution in [1.82, 2.24) is 4.98 Å². The van der Waals surface area contributed by atoms with E-state index in [1.165, 1.54) is 21.6 Å². The molecule has 1 aromatic carbocycles. The lowest BCUT2D eigenvalue weighted by molar-refractivity contribution is 0.944. The number of hydrogen-bond acceptors (Lipinski definition) is 3. The highest BCUT2D eigenvalue weighted by Crippen LogP contribution is 2.28. The monoisotopic (exact) mass is 272 g/mol. The largest absolute Gasteiger partial charge is 0.326 e. The molecule has 0 aliphatic carbocycles. The van der Waals surface area contributed by atoms with E-state index >= 15 is 0 Å². The predicted octanol–water partition coefficient (Wildman–Crippen LogP) is 3.76. The number of hydrogen-bond donors (Lipinski definition) is 1. The summed E-state index contributed by atoms with van der Waals surface area (Å²) in [6.45, 7) is 6.74. The summed E-state index contributed by atoms with van der Waals surface area (Å²) < 4.78 is 0. The molecule has 2 rings (SSSR count). The highest BCUT2D eigenvalue weighted by molar-refractivity contribution is 7.98. The van der Waals surface area contributed by atoms with E-state index in [1.54, 1.807) is 0 Å². The van der Waals surface area contributed by atoms with Gasteiger partial charge in [0, 0.05) is 34.1 Å². The molecule has 1 aromatic heterocycles. The summed E-state index contributed by atoms with van der Waals surface area (Å²) in [6.07, 6.45) is 0. The van der Waals surface area contributed by atoms with Crippen LogP contribution in [0, 0.1) is 20.8 Å². The minimum absolute atomic E-state index is 0.551. The summed E-state index contributed by atoms with van der Waals surface area (Å²) >= 11 is 1.84. The number of aromatic nitrogens is 1. The lowest BCUT2D eigenvalue weighted by atomic mass is 10.2. The van der Waals surface area contributed by atoms with Crippen molar-refractivity contribution in [3.05, 3.63) is 58.4 Å². The molecule has 2 N–H and O–H groups in total. The van der Waals surface area contributed by atoms with Crippen LogP contribution >= 0.6 is 11.8 Å². The Morgan fingerprint density at radius 1 is 1.16 bits per heavy atom. The van der Waals surface area contributed by atoms with Gasteiger partial charge in [0.2, 0.25) is 0 Å². The topological polar surface area (TPSA) is 38.9 Å². The van der Waals surface area contributed by atoms with Crippen LogP contribution in [0.4, 0.5) is 0 Å². The van der Waals surface area contributed by atoms with Crippen molar-refractivity contribution in [2.45, 2.75) is 38.0 Å². The molecule has 0 unspecified atom stereocenters. The van der Waals surface area contributed by atoms with Gasteiger partial charge in [-0.15, -0.1) is 11.8 Å². The molecular weight excluding hydrogens is 252 g/mol. The zero-order valence-electron chi connectivity index (χ0n) is 11.7. The number of benzene rings is 1. The molecule has 0 saturated heterocycles. The van der Waals surface area contributed by atoms with Crippen molar-refractivity contribution in [3.8, 4) is 0 Å². The lowest BCUT2D eigenvalue weighted by Gasteiger charge is -2.11. The van der Waals surface area contributed by atoms with Crippen molar-refractivity contribution in [2.75, 3.05) is 0 Å². The van der Waals surface area contributed by atoms with Crippen LogP contribution in [0.5, 0.6) is 0 Å². The Balaban J connectivity index is 2.19. The zero-order chi connectivity index (χ0) is 13.8. The first-order valence-corrected chi connectivity index (χ1v) is 7.44. The molecule has 0 fully saturated rings. The summed E-state index contributed by atoms with van der Waals surface area (Å²) in [5.74, 6) is 0.970. The predicted molar refractivity (Wildman–Crippen MR) is 82.3 cm³/mol. The molecule has 1 heterocycles. The Hall–Kier alpha value is -1.32. The van der Waals surface area contributed by atoms with Gasteiger partial charge in [-0.1, -0.05) is 29.8 Å². The standard InChI is InChI=1S/C16H20N2S/c1-11-5-4-6-14(7-11)10-19-16-8-12(2)18-13(3)15(16)9-17/h4-8H,9-10,17H2,1-3H3. The minimum atomic E-state index is 0.551. The van der Waals surface area contributed by atoms with Gasteiger partial charge in [0.15, 0.2) is 0 Å². The van der Waals surface area contributed by atoms with Crippen LogP contribution in [-0.4, -0.2) is 4.98 Å². The first kappa shape index (κ1) is 14.1. The van der Waals surface area contributed by atoms with E-state index in [-0.39, 0.29) is 0 Å². The maximum atomic E-state index is 5.84. The van der Waals surface area contributed by atoms with Gasteiger partial charge in [-0.3, -0.25) is 4.98 Å². The molecule has 3 heteroatoms. The molecule has 0 radical (unpaired) electrons. The summed E-state index contributed by atoms with van der Waals surface area (Å²) in [6, 6.07) is 10.8. The van der Waals surface area contributed by atoms with Crippen molar-refractivity contribution in [1.29, 1.82) is 0 Å². The molecule has 2 nitrogen and oxygen atoms in total. The molecule has 0 spiro atoms. The van der Waals surface area contributed by atoms with Crippen molar-refractivity contribution >= 4 is 11.8 Å². The van der Waals surface area contributed by atoms with E-state index in [0.29, 0.717) is 6.54 Å². The maximum Gasteiger partial charge on any atom is 0.0431 e. The molecule has 2 aromatic rings. The van der Waals surface area contributed by atoms with Crippen LogP contribution in [0.15, 0.2) is 35.2 Å². The normalized spacial score (nSPS) is 10.7. The molecule has 0 aliphatic heterocycles. The second-order valence-electron chi connectivity index (χ2n) is 4.81. The van der Waals surface area contributed by atoms with Crippen LogP contribution in [-0.2, 0) is 12.3 Å². The highest BCUT2D eigenvalue weighted by atomic mass is 32.2. The van der Waals surface area contributed by atoms with Crippen LogP contribution in [0.3, 0.4) is 0 Å². The van der Waals surface area contributed by atoms with Gasteiger partial charge in [0.25, 0.3) is 0 Å². The fourth-order valence-electron chi connectivity index (χ4n) is 2.16. The van der Waals surface area contributed by atoms with Crippen LogP contribution in [0.25, 0.3) is 0 Å². The van der Waals surface area contributed by atoms with Gasteiger partial charge < -0.3 is 5.73 Å². The summed E-state index contributed by atoms with van der Waals surface area (Å²) in [5.41, 5.74) is 11.8. The van der Waals surface area contributed by atoms with Crippen molar-refractivity contribution in [3.63, 3.8) is 0 Å². The average molecular weight is 272 g/mol. The van der Waals surface area contributed by atoms with Gasteiger partial charge in [0.1, 0.15) is 0 Å². The zero-order valence-corrected chi connectivity index (χ0v) is 12.6. The number of nitrogens with two attached hydrogens (primary N) is 1. The molecule has 0 aliphatic rings. The third kappa shape index (κ3) is 3.58. The third-order valence-electron chi connectivity index (χ3n) is 3.10. The van der Waals surface area contributed by atoms with Crippen LogP contribution < -0.4 is 5.73 Å². The fourth-order valence-corrected chi connectivity index (χ4v) is 3.32. The van der Waals surface area contributed by atoms with E-state index in [4.69, 9.17) is 5.73 Å². The SMILES string of the molecule is Cc1cccc(CSc2cc(C)nc(C)c2CN)c1. The Morgan fingerprint density at radius 2 is 1.95 bits per heavy atom. The summed E-state index contributed by atoms with van der Waals surface area (Å²) in [5, 5.41) is 0. The van der Waals surface area contributed by atoms with Gasteiger partial charge >= 0.3 is 0 Å². The van der Waals surface area contributed by atoms with Gasteiger partial charge in [-0.05, 0) is 32.4 Å². The Kier molecular flexibility index (Phi) is 4.61. The van der Waals surface area contributed by atoms with E-state index in [2.05, 4.69) is 42.2 Å². The molecule has 0 bridgehead atoms. The van der Waals surface area contributed by atoms with Crippen molar-refractivity contribution in [2.24, 2.45) is 5.73 Å². The van der Waals surface area contributed by atoms with Gasteiger partial charge in [0.05, 0.1) is 0 Å². The number of aryl methyl sites for hydroxylation is 3. The number of nitrogens with zero attached hydrogens (tertiary/aromatic N) is 1. The fraction of sp³-hybridized carbons (Fsp3) is 0.312.